The average molecular weight is 435 g/mol. The smallest absolute Gasteiger partial charge is 0.269 e. The summed E-state index contributed by atoms with van der Waals surface area (Å²) in [5, 5.41) is 0.254. The molecule has 0 bridgehead atoms. The van der Waals surface area contributed by atoms with Crippen LogP contribution in [0.2, 0.25) is 5.02 Å². The van der Waals surface area contributed by atoms with Crippen LogP contribution in [0.5, 0.6) is 23.0 Å². The molecule has 0 radical (unpaired) electrons. The van der Waals surface area contributed by atoms with Crippen LogP contribution in [0, 0.1) is 0 Å². The molecule has 160 valence electrons. The van der Waals surface area contributed by atoms with Crippen LogP contribution in [-0.4, -0.2) is 31.8 Å². The standard InChI is InChI=1S/C21H23ClN2O6/c1-3-5-8-28-19-15(22)9-14(11-18(19)27-4-2)21(26)24-23-20(25)13-6-7-16-17(10-13)30-12-29-16/h6-7,9-11H,3-5,8,12H2,1-2H3,(H,23,25)(H,24,26). The van der Waals surface area contributed by atoms with Crippen LogP contribution >= 0.6 is 11.6 Å². The van der Waals surface area contributed by atoms with E-state index in [-0.39, 0.29) is 17.4 Å². The van der Waals surface area contributed by atoms with Gasteiger partial charge in [-0.15, -0.1) is 0 Å². The Morgan fingerprint density at radius 1 is 1.00 bits per heavy atom. The van der Waals surface area contributed by atoms with Gasteiger partial charge in [-0.2, -0.15) is 0 Å². The molecule has 1 aliphatic heterocycles. The second-order valence-corrected chi connectivity index (χ2v) is 6.80. The third kappa shape index (κ3) is 5.07. The summed E-state index contributed by atoms with van der Waals surface area (Å²) in [4.78, 5) is 24.8. The van der Waals surface area contributed by atoms with Gasteiger partial charge in [-0.3, -0.25) is 20.4 Å². The number of halogens is 1. The maximum absolute atomic E-state index is 12.5. The molecule has 8 nitrogen and oxygen atoms in total. The molecular formula is C21H23ClN2O6. The molecule has 1 heterocycles. The first-order valence-corrected chi connectivity index (χ1v) is 10.0. The number of carbonyl (C=O) groups excluding carboxylic acids is 2. The summed E-state index contributed by atoms with van der Waals surface area (Å²) in [7, 11) is 0. The minimum atomic E-state index is -0.549. The van der Waals surface area contributed by atoms with Gasteiger partial charge in [-0.1, -0.05) is 24.9 Å². The number of nitrogens with one attached hydrogen (secondary N) is 2. The number of hydrogen-bond donors (Lipinski definition) is 2. The van der Waals surface area contributed by atoms with Gasteiger partial charge in [0.15, 0.2) is 23.0 Å². The number of hydrazine groups is 1. The maximum Gasteiger partial charge on any atom is 0.269 e. The van der Waals surface area contributed by atoms with E-state index in [1.54, 1.807) is 12.1 Å². The summed E-state index contributed by atoms with van der Waals surface area (Å²) < 4.78 is 21.7. The Kier molecular flexibility index (Phi) is 7.24. The Labute approximate surface area is 179 Å². The molecule has 0 saturated heterocycles. The largest absolute Gasteiger partial charge is 0.490 e. The number of carbonyl (C=O) groups is 2. The minimum Gasteiger partial charge on any atom is -0.490 e. The molecule has 1 aliphatic rings. The first kappa shape index (κ1) is 21.6. The van der Waals surface area contributed by atoms with E-state index in [2.05, 4.69) is 17.8 Å². The number of ether oxygens (including phenoxy) is 4. The highest BCUT2D eigenvalue weighted by atomic mass is 35.5. The third-order valence-electron chi connectivity index (χ3n) is 4.24. The normalized spacial score (nSPS) is 11.7. The van der Waals surface area contributed by atoms with Crippen LogP contribution in [-0.2, 0) is 0 Å². The van der Waals surface area contributed by atoms with Crippen molar-refractivity contribution in [3.8, 4) is 23.0 Å². The highest BCUT2D eigenvalue weighted by Crippen LogP contribution is 2.37. The summed E-state index contributed by atoms with van der Waals surface area (Å²) in [5.74, 6) is 0.751. The lowest BCUT2D eigenvalue weighted by Gasteiger charge is -2.15. The van der Waals surface area contributed by atoms with Gasteiger partial charge in [-0.05, 0) is 43.7 Å². The average Bonchev–Trinajstić information content (AvgIpc) is 3.21. The number of hydrogen-bond acceptors (Lipinski definition) is 6. The summed E-state index contributed by atoms with van der Waals surface area (Å²) >= 11 is 6.31. The van der Waals surface area contributed by atoms with Gasteiger partial charge in [-0.25, -0.2) is 0 Å². The minimum absolute atomic E-state index is 0.109. The first-order chi connectivity index (χ1) is 14.5. The van der Waals surface area contributed by atoms with E-state index in [9.17, 15) is 9.59 Å². The maximum atomic E-state index is 12.5. The van der Waals surface area contributed by atoms with Crippen molar-refractivity contribution in [2.24, 2.45) is 0 Å². The molecule has 0 spiro atoms. The molecule has 0 saturated carbocycles. The molecule has 30 heavy (non-hydrogen) atoms. The second kappa shape index (κ2) is 10.1. The fourth-order valence-electron chi connectivity index (χ4n) is 2.72. The lowest BCUT2D eigenvalue weighted by atomic mass is 10.2. The highest BCUT2D eigenvalue weighted by Gasteiger charge is 2.19. The van der Waals surface area contributed by atoms with E-state index >= 15 is 0 Å². The first-order valence-electron chi connectivity index (χ1n) is 9.63. The van der Waals surface area contributed by atoms with E-state index in [0.29, 0.717) is 41.8 Å². The van der Waals surface area contributed by atoms with Crippen LogP contribution in [0.4, 0.5) is 0 Å². The van der Waals surface area contributed by atoms with Crippen molar-refractivity contribution < 1.29 is 28.5 Å². The fraction of sp³-hybridized carbons (Fsp3) is 0.333. The highest BCUT2D eigenvalue weighted by molar-refractivity contribution is 6.32. The Bertz CT molecular complexity index is 934. The molecule has 0 fully saturated rings. The third-order valence-corrected chi connectivity index (χ3v) is 4.52. The van der Waals surface area contributed by atoms with Crippen LogP contribution < -0.4 is 29.8 Å². The summed E-state index contributed by atoms with van der Waals surface area (Å²) in [6, 6.07) is 7.73. The molecule has 0 atom stereocenters. The van der Waals surface area contributed by atoms with Crippen molar-refractivity contribution in [3.05, 3.63) is 46.5 Å². The summed E-state index contributed by atoms with van der Waals surface area (Å²) in [6.45, 7) is 4.86. The Morgan fingerprint density at radius 3 is 2.47 bits per heavy atom. The van der Waals surface area contributed by atoms with Crippen molar-refractivity contribution in [1.29, 1.82) is 0 Å². The van der Waals surface area contributed by atoms with Crippen molar-refractivity contribution in [1.82, 2.24) is 10.9 Å². The quantitative estimate of drug-likeness (QED) is 0.485. The number of fused-ring (bicyclic) bond motifs is 1. The lowest BCUT2D eigenvalue weighted by molar-refractivity contribution is 0.0846. The van der Waals surface area contributed by atoms with Gasteiger partial charge in [0.25, 0.3) is 11.8 Å². The molecular weight excluding hydrogens is 412 g/mol. The van der Waals surface area contributed by atoms with Crippen molar-refractivity contribution >= 4 is 23.4 Å². The zero-order chi connectivity index (χ0) is 21.5. The van der Waals surface area contributed by atoms with Gasteiger partial charge < -0.3 is 18.9 Å². The zero-order valence-electron chi connectivity index (χ0n) is 16.7. The second-order valence-electron chi connectivity index (χ2n) is 6.40. The summed E-state index contributed by atoms with van der Waals surface area (Å²) in [6.07, 6.45) is 1.85. The fourth-order valence-corrected chi connectivity index (χ4v) is 2.98. The molecule has 2 aromatic carbocycles. The molecule has 0 unspecified atom stereocenters. The SMILES string of the molecule is CCCCOc1c(Cl)cc(C(=O)NNC(=O)c2ccc3c(c2)OCO3)cc1OCC. The van der Waals surface area contributed by atoms with Gasteiger partial charge in [0.1, 0.15) is 0 Å². The molecule has 0 aliphatic carbocycles. The van der Waals surface area contributed by atoms with Crippen molar-refractivity contribution in [2.45, 2.75) is 26.7 Å². The van der Waals surface area contributed by atoms with Crippen LogP contribution in [0.25, 0.3) is 0 Å². The van der Waals surface area contributed by atoms with Gasteiger partial charge in [0, 0.05) is 11.1 Å². The van der Waals surface area contributed by atoms with Crippen LogP contribution in [0.3, 0.4) is 0 Å². The molecule has 2 N–H and O–H groups in total. The number of amides is 2. The van der Waals surface area contributed by atoms with Crippen molar-refractivity contribution in [3.63, 3.8) is 0 Å². The topological polar surface area (TPSA) is 95.1 Å². The van der Waals surface area contributed by atoms with E-state index in [1.807, 2.05) is 6.92 Å². The summed E-state index contributed by atoms with van der Waals surface area (Å²) in [5.41, 5.74) is 5.27. The van der Waals surface area contributed by atoms with E-state index in [1.165, 1.54) is 18.2 Å². The Hall–Kier alpha value is -3.13. The monoisotopic (exact) mass is 434 g/mol. The number of benzene rings is 2. The molecule has 2 amide bonds. The van der Waals surface area contributed by atoms with Gasteiger partial charge >= 0.3 is 0 Å². The zero-order valence-corrected chi connectivity index (χ0v) is 17.5. The van der Waals surface area contributed by atoms with Gasteiger partial charge in [0.2, 0.25) is 6.79 Å². The Morgan fingerprint density at radius 2 is 1.73 bits per heavy atom. The van der Waals surface area contributed by atoms with Crippen LogP contribution in [0.15, 0.2) is 30.3 Å². The lowest BCUT2D eigenvalue weighted by Crippen LogP contribution is -2.41. The number of rotatable bonds is 8. The van der Waals surface area contributed by atoms with E-state index < -0.39 is 11.8 Å². The predicted octanol–water partition coefficient (Wildman–Crippen LogP) is 3.72. The molecule has 2 aromatic rings. The van der Waals surface area contributed by atoms with Gasteiger partial charge in [0.05, 0.1) is 18.2 Å². The van der Waals surface area contributed by atoms with E-state index in [0.717, 1.165) is 12.8 Å². The predicted molar refractivity (Wildman–Crippen MR) is 111 cm³/mol. The van der Waals surface area contributed by atoms with Crippen LogP contribution in [0.1, 0.15) is 47.4 Å². The number of unbranched alkanes of at least 4 members (excludes halogenated alkanes) is 1. The van der Waals surface area contributed by atoms with E-state index in [4.69, 9.17) is 30.5 Å². The Balaban J connectivity index is 1.67. The van der Waals surface area contributed by atoms with Crippen molar-refractivity contribution in [2.75, 3.05) is 20.0 Å². The molecule has 0 aromatic heterocycles. The molecule has 9 heteroatoms. The molecule has 3 rings (SSSR count).